The molecule has 4 rings (SSSR count). The summed E-state index contributed by atoms with van der Waals surface area (Å²) in [5.41, 5.74) is 5.77. The van der Waals surface area contributed by atoms with E-state index in [1.807, 2.05) is 18.2 Å². The molecule has 2 aromatic heterocycles. The molecule has 2 aromatic carbocycles. The summed E-state index contributed by atoms with van der Waals surface area (Å²) < 4.78 is 2.34. The molecule has 0 bridgehead atoms. The first-order valence-corrected chi connectivity index (χ1v) is 10.4. The summed E-state index contributed by atoms with van der Waals surface area (Å²) >= 11 is 1.68. The quantitative estimate of drug-likeness (QED) is 0.386. The Kier molecular flexibility index (Phi) is 5.49. The average Bonchev–Trinajstić information content (AvgIpc) is 3.18. The Hall–Kier alpha value is -2.98. The molecular formula is C24H23N3S. The molecule has 0 amide bonds. The third-order valence-corrected chi connectivity index (χ3v) is 5.77. The molecule has 0 radical (unpaired) electrons. The van der Waals surface area contributed by atoms with E-state index in [9.17, 15) is 0 Å². The van der Waals surface area contributed by atoms with Crippen molar-refractivity contribution < 1.29 is 0 Å². The first-order valence-electron chi connectivity index (χ1n) is 9.57. The van der Waals surface area contributed by atoms with Crippen molar-refractivity contribution in [1.82, 2.24) is 9.55 Å². The molecule has 0 fully saturated rings. The minimum atomic E-state index is 0.366. The molecule has 0 aliphatic heterocycles. The van der Waals surface area contributed by atoms with Crippen molar-refractivity contribution in [3.63, 3.8) is 0 Å². The fraction of sp³-hybridized carbons (Fsp3) is 0.167. The average molecular weight is 386 g/mol. The zero-order valence-electron chi connectivity index (χ0n) is 16.1. The molecule has 140 valence electrons. The van der Waals surface area contributed by atoms with Gasteiger partial charge in [0.25, 0.3) is 0 Å². The van der Waals surface area contributed by atoms with Crippen molar-refractivity contribution in [1.29, 1.82) is 0 Å². The van der Waals surface area contributed by atoms with Crippen molar-refractivity contribution in [2.75, 3.05) is 0 Å². The van der Waals surface area contributed by atoms with Gasteiger partial charge >= 0.3 is 0 Å². The lowest BCUT2D eigenvalue weighted by Gasteiger charge is -2.16. The number of hydrogen-bond acceptors (Lipinski definition) is 3. The van der Waals surface area contributed by atoms with Crippen LogP contribution in [0.3, 0.4) is 0 Å². The number of pyridine rings is 1. The highest BCUT2D eigenvalue weighted by Crippen LogP contribution is 2.28. The highest BCUT2D eigenvalue weighted by Gasteiger charge is 2.13. The number of aromatic nitrogens is 2. The number of thiazole rings is 1. The number of rotatable bonds is 5. The van der Waals surface area contributed by atoms with E-state index in [1.54, 1.807) is 23.7 Å². The number of benzene rings is 2. The molecule has 0 aliphatic rings. The first kappa shape index (κ1) is 18.4. The van der Waals surface area contributed by atoms with Crippen molar-refractivity contribution in [2.24, 2.45) is 4.99 Å². The topological polar surface area (TPSA) is 30.2 Å². The van der Waals surface area contributed by atoms with Gasteiger partial charge in [-0.2, -0.15) is 0 Å². The predicted octanol–water partition coefficient (Wildman–Crippen LogP) is 6.48. The monoisotopic (exact) mass is 385 g/mol. The van der Waals surface area contributed by atoms with Crippen LogP contribution in [0.5, 0.6) is 0 Å². The smallest absolute Gasteiger partial charge is 0.190 e. The van der Waals surface area contributed by atoms with Gasteiger partial charge in [-0.05, 0) is 42.2 Å². The summed E-state index contributed by atoms with van der Waals surface area (Å²) in [6, 6.07) is 23.6. The molecule has 0 spiro atoms. The zero-order valence-corrected chi connectivity index (χ0v) is 16.9. The lowest BCUT2D eigenvalue weighted by molar-refractivity contribution is 0.524. The van der Waals surface area contributed by atoms with E-state index in [-0.39, 0.29) is 0 Å². The van der Waals surface area contributed by atoms with Crippen LogP contribution in [0.4, 0.5) is 5.69 Å². The zero-order chi connectivity index (χ0) is 19.3. The Morgan fingerprint density at radius 1 is 0.929 bits per heavy atom. The molecule has 1 unspecified atom stereocenters. The van der Waals surface area contributed by atoms with Crippen LogP contribution in [0.1, 0.15) is 26.3 Å². The predicted molar refractivity (Wildman–Crippen MR) is 118 cm³/mol. The van der Waals surface area contributed by atoms with E-state index in [0.29, 0.717) is 6.04 Å². The van der Waals surface area contributed by atoms with E-state index in [0.717, 1.165) is 16.9 Å². The summed E-state index contributed by atoms with van der Waals surface area (Å²) in [5.74, 6) is 0. The molecular weight excluding hydrogens is 362 g/mol. The van der Waals surface area contributed by atoms with Gasteiger partial charge in [0.05, 0.1) is 17.6 Å². The van der Waals surface area contributed by atoms with Crippen LogP contribution in [0, 0.1) is 0 Å². The van der Waals surface area contributed by atoms with Crippen LogP contribution in [0.15, 0.2) is 89.5 Å². The molecule has 1 atom stereocenters. The van der Waals surface area contributed by atoms with Crippen LogP contribution < -0.4 is 4.80 Å². The second-order valence-corrected chi connectivity index (χ2v) is 7.63. The summed E-state index contributed by atoms with van der Waals surface area (Å²) in [7, 11) is 0. The normalized spacial score (nSPS) is 12.9. The van der Waals surface area contributed by atoms with Crippen molar-refractivity contribution in [2.45, 2.75) is 26.3 Å². The molecule has 0 saturated heterocycles. The van der Waals surface area contributed by atoms with Gasteiger partial charge < -0.3 is 4.57 Å². The van der Waals surface area contributed by atoms with Crippen LogP contribution in [0.25, 0.3) is 22.4 Å². The Bertz CT molecular complexity index is 1090. The van der Waals surface area contributed by atoms with Gasteiger partial charge in [0.1, 0.15) is 0 Å². The fourth-order valence-corrected chi connectivity index (χ4v) is 4.23. The van der Waals surface area contributed by atoms with E-state index in [1.165, 1.54) is 22.4 Å². The maximum absolute atomic E-state index is 4.84. The van der Waals surface area contributed by atoms with E-state index in [4.69, 9.17) is 4.99 Å². The lowest BCUT2D eigenvalue weighted by atomic mass is 10.0. The van der Waals surface area contributed by atoms with Crippen molar-refractivity contribution >= 4 is 17.0 Å². The number of hydrogen-bond donors (Lipinski definition) is 0. The molecule has 0 aliphatic carbocycles. The largest absolute Gasteiger partial charge is 0.314 e. The fourth-order valence-electron chi connectivity index (χ4n) is 3.22. The molecule has 4 heteroatoms. The summed E-state index contributed by atoms with van der Waals surface area (Å²) in [4.78, 5) is 10.0. The van der Waals surface area contributed by atoms with Gasteiger partial charge in [-0.3, -0.25) is 4.98 Å². The van der Waals surface area contributed by atoms with Crippen molar-refractivity contribution in [3.05, 3.63) is 89.3 Å². The SMILES string of the molecule is CCC(C)n1c(-c2ccc(-c3ccccc3)cc2)csc1=Nc1cccnc1. The Labute approximate surface area is 169 Å². The lowest BCUT2D eigenvalue weighted by Crippen LogP contribution is -2.19. The summed E-state index contributed by atoms with van der Waals surface area (Å²) in [6.07, 6.45) is 4.62. The summed E-state index contributed by atoms with van der Waals surface area (Å²) in [5, 5.41) is 2.21. The Morgan fingerprint density at radius 2 is 1.64 bits per heavy atom. The first-order chi connectivity index (χ1) is 13.8. The van der Waals surface area contributed by atoms with E-state index in [2.05, 4.69) is 77.3 Å². The summed E-state index contributed by atoms with van der Waals surface area (Å²) in [6.45, 7) is 4.46. The number of nitrogens with zero attached hydrogens (tertiary/aromatic N) is 3. The highest BCUT2D eigenvalue weighted by atomic mass is 32.1. The Balaban J connectivity index is 1.77. The van der Waals surface area contributed by atoms with Crippen LogP contribution in [-0.4, -0.2) is 9.55 Å². The van der Waals surface area contributed by atoms with Crippen LogP contribution >= 0.6 is 11.3 Å². The Morgan fingerprint density at radius 3 is 2.32 bits per heavy atom. The minimum Gasteiger partial charge on any atom is -0.314 e. The van der Waals surface area contributed by atoms with Gasteiger partial charge in [-0.25, -0.2) is 4.99 Å². The molecule has 28 heavy (non-hydrogen) atoms. The van der Waals surface area contributed by atoms with Gasteiger partial charge in [0, 0.05) is 17.6 Å². The van der Waals surface area contributed by atoms with Crippen molar-refractivity contribution in [3.8, 4) is 22.4 Å². The van der Waals surface area contributed by atoms with Crippen LogP contribution in [0.2, 0.25) is 0 Å². The van der Waals surface area contributed by atoms with Gasteiger partial charge in [-0.15, -0.1) is 11.3 Å². The van der Waals surface area contributed by atoms with E-state index >= 15 is 0 Å². The maximum atomic E-state index is 4.84. The third-order valence-electron chi connectivity index (χ3n) is 4.93. The molecule has 0 N–H and O–H groups in total. The van der Waals surface area contributed by atoms with Gasteiger partial charge in [-0.1, -0.05) is 61.5 Å². The second kappa shape index (κ2) is 8.36. The van der Waals surface area contributed by atoms with Crippen LogP contribution in [-0.2, 0) is 0 Å². The highest BCUT2D eigenvalue weighted by molar-refractivity contribution is 7.07. The van der Waals surface area contributed by atoms with E-state index < -0.39 is 0 Å². The molecule has 0 saturated carbocycles. The second-order valence-electron chi connectivity index (χ2n) is 6.80. The van der Waals surface area contributed by atoms with Gasteiger partial charge in [0.2, 0.25) is 0 Å². The van der Waals surface area contributed by atoms with Gasteiger partial charge in [0.15, 0.2) is 4.80 Å². The standard InChI is InChI=1S/C24H23N3S/c1-3-18(2)27-23(17-28-24(27)26-22-10-7-15-25-16-22)21-13-11-20(12-14-21)19-8-5-4-6-9-19/h4-18H,3H2,1-2H3. The molecule has 4 aromatic rings. The third kappa shape index (κ3) is 3.82. The molecule has 3 nitrogen and oxygen atoms in total. The maximum Gasteiger partial charge on any atom is 0.190 e. The minimum absolute atomic E-state index is 0.366. The molecule has 2 heterocycles.